The third-order valence-corrected chi connectivity index (χ3v) is 5.48. The Bertz CT molecular complexity index is 536. The molecule has 1 aliphatic heterocycles. The summed E-state index contributed by atoms with van der Waals surface area (Å²) in [4.78, 5) is 12.5. The lowest BCUT2D eigenvalue weighted by molar-refractivity contribution is -0.0523. The summed E-state index contributed by atoms with van der Waals surface area (Å²) in [5.41, 5.74) is 2.45. The second kappa shape index (κ2) is 5.69. The second-order valence-corrected chi connectivity index (χ2v) is 7.87. The Labute approximate surface area is 133 Å². The molecule has 3 rings (SSSR count). The van der Waals surface area contributed by atoms with Gasteiger partial charge >= 0.3 is 0 Å². The van der Waals surface area contributed by atoms with Crippen molar-refractivity contribution in [2.24, 2.45) is 5.41 Å². The van der Waals surface area contributed by atoms with Crippen LogP contribution in [-0.4, -0.2) is 25.2 Å². The fraction of sp³-hybridized carbons (Fsp3) is 0.632. The van der Waals surface area contributed by atoms with E-state index in [0.717, 1.165) is 38.0 Å². The molecular formula is C19H27NO2. The Balaban J connectivity index is 1.65. The highest BCUT2D eigenvalue weighted by Gasteiger charge is 2.47. The van der Waals surface area contributed by atoms with Crippen molar-refractivity contribution in [1.82, 2.24) is 5.32 Å². The molecule has 1 aromatic rings. The molecule has 2 fully saturated rings. The van der Waals surface area contributed by atoms with Crippen molar-refractivity contribution in [1.29, 1.82) is 0 Å². The highest BCUT2D eigenvalue weighted by molar-refractivity contribution is 5.94. The Morgan fingerprint density at radius 2 is 1.77 bits per heavy atom. The first-order valence-corrected chi connectivity index (χ1v) is 8.40. The van der Waals surface area contributed by atoms with Crippen molar-refractivity contribution in [2.45, 2.75) is 57.9 Å². The maximum atomic E-state index is 12.5. The first kappa shape index (κ1) is 15.5. The maximum absolute atomic E-state index is 12.5. The van der Waals surface area contributed by atoms with Gasteiger partial charge in [-0.1, -0.05) is 32.9 Å². The van der Waals surface area contributed by atoms with E-state index >= 15 is 0 Å². The van der Waals surface area contributed by atoms with Crippen LogP contribution in [-0.2, 0) is 10.2 Å². The monoisotopic (exact) mass is 301 g/mol. The average molecular weight is 301 g/mol. The number of benzene rings is 1. The summed E-state index contributed by atoms with van der Waals surface area (Å²) in [6, 6.07) is 8.36. The Morgan fingerprint density at radius 1 is 1.14 bits per heavy atom. The van der Waals surface area contributed by atoms with Crippen molar-refractivity contribution in [2.75, 3.05) is 13.2 Å². The highest BCUT2D eigenvalue weighted by atomic mass is 16.5. The molecular weight excluding hydrogens is 274 g/mol. The van der Waals surface area contributed by atoms with Crippen LogP contribution in [0.3, 0.4) is 0 Å². The minimum absolute atomic E-state index is 0.0658. The van der Waals surface area contributed by atoms with Gasteiger partial charge in [-0.2, -0.15) is 0 Å². The van der Waals surface area contributed by atoms with E-state index in [1.807, 2.05) is 12.1 Å². The van der Waals surface area contributed by atoms with Gasteiger partial charge in [0.2, 0.25) is 0 Å². The van der Waals surface area contributed by atoms with E-state index < -0.39 is 0 Å². The van der Waals surface area contributed by atoms with Crippen LogP contribution in [0.5, 0.6) is 0 Å². The topological polar surface area (TPSA) is 38.3 Å². The van der Waals surface area contributed by atoms with Crippen LogP contribution in [0.4, 0.5) is 0 Å². The van der Waals surface area contributed by atoms with Crippen LogP contribution in [0.2, 0.25) is 0 Å². The fourth-order valence-electron chi connectivity index (χ4n) is 3.66. The van der Waals surface area contributed by atoms with Crippen LogP contribution in [0.1, 0.15) is 62.4 Å². The number of hydrogen-bond donors (Lipinski definition) is 1. The van der Waals surface area contributed by atoms with E-state index in [1.165, 1.54) is 12.0 Å². The first-order valence-electron chi connectivity index (χ1n) is 8.40. The minimum Gasteiger partial charge on any atom is -0.381 e. The van der Waals surface area contributed by atoms with E-state index in [0.29, 0.717) is 11.5 Å². The molecule has 22 heavy (non-hydrogen) atoms. The molecule has 0 radical (unpaired) electrons. The number of amides is 1. The molecule has 3 heteroatoms. The first-order chi connectivity index (χ1) is 10.4. The third kappa shape index (κ3) is 2.91. The van der Waals surface area contributed by atoms with Crippen molar-refractivity contribution < 1.29 is 9.53 Å². The van der Waals surface area contributed by atoms with Gasteiger partial charge in [0.15, 0.2) is 0 Å². The zero-order chi connectivity index (χ0) is 15.8. The predicted octanol–water partition coefficient (Wildman–Crippen LogP) is 3.67. The summed E-state index contributed by atoms with van der Waals surface area (Å²) < 4.78 is 5.47. The standard InChI is InChI=1S/C19H27NO2/c1-18(2,3)15-6-4-14(5-7-15)17(21)20-16-8-9-19(16)10-12-22-13-11-19/h4-7,16H,8-13H2,1-3H3,(H,20,21). The van der Waals surface area contributed by atoms with Gasteiger partial charge in [-0.05, 0) is 54.2 Å². The van der Waals surface area contributed by atoms with E-state index in [-0.39, 0.29) is 11.3 Å². The molecule has 1 aromatic carbocycles. The third-order valence-electron chi connectivity index (χ3n) is 5.48. The Hall–Kier alpha value is -1.35. The fourth-order valence-corrected chi connectivity index (χ4v) is 3.66. The predicted molar refractivity (Wildman–Crippen MR) is 88.1 cm³/mol. The molecule has 1 spiro atoms. The summed E-state index contributed by atoms with van der Waals surface area (Å²) >= 11 is 0. The zero-order valence-corrected chi connectivity index (χ0v) is 13.9. The summed E-state index contributed by atoms with van der Waals surface area (Å²) in [5, 5.41) is 3.26. The van der Waals surface area contributed by atoms with Gasteiger partial charge in [-0.25, -0.2) is 0 Å². The lowest BCUT2D eigenvalue weighted by Gasteiger charge is -2.52. The zero-order valence-electron chi connectivity index (χ0n) is 13.9. The number of nitrogens with one attached hydrogen (secondary N) is 1. The molecule has 120 valence electrons. The molecule has 1 N–H and O–H groups in total. The van der Waals surface area contributed by atoms with Crippen molar-refractivity contribution >= 4 is 5.91 Å². The lowest BCUT2D eigenvalue weighted by Crippen LogP contribution is -2.57. The van der Waals surface area contributed by atoms with Crippen LogP contribution in [0, 0.1) is 5.41 Å². The van der Waals surface area contributed by atoms with Gasteiger partial charge in [-0.15, -0.1) is 0 Å². The SMILES string of the molecule is CC(C)(C)c1ccc(C(=O)NC2CCC23CCOCC3)cc1. The van der Waals surface area contributed by atoms with Gasteiger partial charge in [-0.3, -0.25) is 4.79 Å². The quantitative estimate of drug-likeness (QED) is 0.905. The number of carbonyl (C=O) groups is 1. The van der Waals surface area contributed by atoms with Crippen LogP contribution < -0.4 is 5.32 Å². The minimum atomic E-state index is 0.0658. The van der Waals surface area contributed by atoms with Crippen molar-refractivity contribution in [3.8, 4) is 0 Å². The van der Waals surface area contributed by atoms with Crippen molar-refractivity contribution in [3.63, 3.8) is 0 Å². The van der Waals surface area contributed by atoms with Crippen LogP contribution in [0.25, 0.3) is 0 Å². The molecule has 0 aromatic heterocycles. The maximum Gasteiger partial charge on any atom is 0.251 e. The molecule has 1 saturated carbocycles. The van der Waals surface area contributed by atoms with Gasteiger partial charge in [0.05, 0.1) is 0 Å². The van der Waals surface area contributed by atoms with Crippen LogP contribution in [0.15, 0.2) is 24.3 Å². The molecule has 2 aliphatic rings. The number of rotatable bonds is 2. The largest absolute Gasteiger partial charge is 0.381 e. The summed E-state index contributed by atoms with van der Waals surface area (Å²) in [6.07, 6.45) is 4.50. The summed E-state index contributed by atoms with van der Waals surface area (Å²) in [6.45, 7) is 8.24. The van der Waals surface area contributed by atoms with E-state index in [1.54, 1.807) is 0 Å². The molecule has 1 heterocycles. The molecule has 0 bridgehead atoms. The van der Waals surface area contributed by atoms with Crippen LogP contribution >= 0.6 is 0 Å². The summed E-state index contributed by atoms with van der Waals surface area (Å²) in [5.74, 6) is 0.0658. The number of hydrogen-bond acceptors (Lipinski definition) is 2. The van der Waals surface area contributed by atoms with Gasteiger partial charge < -0.3 is 10.1 Å². The molecule has 1 aliphatic carbocycles. The Morgan fingerprint density at radius 3 is 2.27 bits per heavy atom. The van der Waals surface area contributed by atoms with E-state index in [4.69, 9.17) is 4.74 Å². The average Bonchev–Trinajstić information content (AvgIpc) is 2.51. The molecule has 1 atom stereocenters. The molecule has 1 amide bonds. The molecule has 3 nitrogen and oxygen atoms in total. The highest BCUT2D eigenvalue weighted by Crippen LogP contribution is 2.48. The summed E-state index contributed by atoms with van der Waals surface area (Å²) in [7, 11) is 0. The van der Waals surface area contributed by atoms with Gasteiger partial charge in [0.1, 0.15) is 0 Å². The number of ether oxygens (including phenoxy) is 1. The van der Waals surface area contributed by atoms with Crippen molar-refractivity contribution in [3.05, 3.63) is 35.4 Å². The normalized spacial score (nSPS) is 23.9. The smallest absolute Gasteiger partial charge is 0.251 e. The van der Waals surface area contributed by atoms with Gasteiger partial charge in [0.25, 0.3) is 5.91 Å². The molecule has 1 saturated heterocycles. The van der Waals surface area contributed by atoms with E-state index in [2.05, 4.69) is 38.2 Å². The number of carbonyl (C=O) groups excluding carboxylic acids is 1. The second-order valence-electron chi connectivity index (χ2n) is 7.87. The van der Waals surface area contributed by atoms with E-state index in [9.17, 15) is 4.79 Å². The molecule has 1 unspecified atom stereocenters. The van der Waals surface area contributed by atoms with Gasteiger partial charge in [0, 0.05) is 24.8 Å². The Kier molecular flexibility index (Phi) is 4.02. The lowest BCUT2D eigenvalue weighted by atomic mass is 9.60.